The molecule has 4 aliphatic rings. The molecule has 0 aromatic carbocycles. The van der Waals surface area contributed by atoms with Gasteiger partial charge in [-0.3, -0.25) is 0 Å². The topological polar surface area (TPSA) is 244 Å². The molecule has 3 fully saturated rings. The van der Waals surface area contributed by atoms with Crippen LogP contribution in [0.25, 0.3) is 0 Å². The van der Waals surface area contributed by atoms with Crippen LogP contribution in [0.5, 0.6) is 0 Å². The molecule has 39 heavy (non-hydrogen) atoms. The molecule has 224 valence electrons. The molecule has 0 amide bonds. The number of hydrogen-bond acceptors (Lipinski definition) is 16. The van der Waals surface area contributed by atoms with Gasteiger partial charge in [-0.1, -0.05) is 0 Å². The molecule has 0 spiro atoms. The van der Waals surface area contributed by atoms with E-state index in [0.717, 1.165) is 6.26 Å². The number of aliphatic hydroxyl groups excluding tert-OH is 8. The zero-order chi connectivity index (χ0) is 28.6. The molecule has 15 atom stereocenters. The molecule has 16 heteroatoms. The SMILES string of the molecule is COC(=O)C1=CO[C@@H](O[C@H]2O[C@@H](CO[C@H]3O[C@@H](CO)[C@H](O)[C@@H](O)[C@@H]3O)[C@H](O)[C@@H](O)[C@@H]2O)[C@H]2[C@H](C)O[C@H](O)C[C@H]12. The fraction of sp³-hybridized carbons (Fsp3) is 0.870. The molecule has 0 bridgehead atoms. The lowest BCUT2D eigenvalue weighted by atomic mass is 9.77. The highest BCUT2D eigenvalue weighted by Gasteiger charge is 2.52. The van der Waals surface area contributed by atoms with Gasteiger partial charge in [-0.15, -0.1) is 0 Å². The Morgan fingerprint density at radius 3 is 2.13 bits per heavy atom. The second kappa shape index (κ2) is 12.6. The minimum Gasteiger partial charge on any atom is -0.471 e. The number of carbonyl (C=O) groups is 1. The van der Waals surface area contributed by atoms with Crippen LogP contribution in [0.3, 0.4) is 0 Å². The average molecular weight is 569 g/mol. The van der Waals surface area contributed by atoms with Crippen LogP contribution in [0.2, 0.25) is 0 Å². The predicted molar refractivity (Wildman–Crippen MR) is 121 cm³/mol. The standard InChI is InChI=1S/C23H36O16/c1-7-13-8(3-12(25)36-7)9(20(32)33-2)5-34-21(13)39-23-19(31)17(29)15(27)11(38-23)6-35-22-18(30)16(28)14(26)10(4-24)37-22/h5,7-8,10-19,21-31H,3-4,6H2,1-2H3/t7-,8+,10-,11-,12-,13-,14-,15-,16+,17+,18-,19-,21-,22-,23+/m0/s1. The van der Waals surface area contributed by atoms with Gasteiger partial charge in [0.2, 0.25) is 6.29 Å². The van der Waals surface area contributed by atoms with Gasteiger partial charge in [0.1, 0.15) is 48.8 Å². The van der Waals surface area contributed by atoms with E-state index in [9.17, 15) is 45.6 Å². The number of rotatable bonds is 7. The highest BCUT2D eigenvalue weighted by atomic mass is 16.8. The molecule has 0 unspecified atom stereocenters. The molecule has 0 aliphatic carbocycles. The van der Waals surface area contributed by atoms with Crippen LogP contribution in [0.1, 0.15) is 13.3 Å². The lowest BCUT2D eigenvalue weighted by Crippen LogP contribution is -2.62. The van der Waals surface area contributed by atoms with Crippen LogP contribution < -0.4 is 0 Å². The van der Waals surface area contributed by atoms with Gasteiger partial charge in [0.25, 0.3) is 0 Å². The van der Waals surface area contributed by atoms with Crippen LogP contribution in [0.15, 0.2) is 11.8 Å². The molecule has 4 aliphatic heterocycles. The smallest absolute Gasteiger partial charge is 0.337 e. The number of esters is 1. The Kier molecular flexibility index (Phi) is 9.81. The van der Waals surface area contributed by atoms with Gasteiger partial charge in [-0.05, 0) is 6.92 Å². The lowest BCUT2D eigenvalue weighted by Gasteiger charge is -2.47. The fourth-order valence-electron chi connectivity index (χ4n) is 5.29. The van der Waals surface area contributed by atoms with Crippen LogP contribution in [0.4, 0.5) is 0 Å². The van der Waals surface area contributed by atoms with Crippen LogP contribution >= 0.6 is 0 Å². The Morgan fingerprint density at radius 1 is 0.872 bits per heavy atom. The molecule has 3 saturated heterocycles. The van der Waals surface area contributed by atoms with Gasteiger partial charge < -0.3 is 74.0 Å². The summed E-state index contributed by atoms with van der Waals surface area (Å²) in [7, 11) is 1.20. The first-order valence-corrected chi connectivity index (χ1v) is 12.5. The maximum absolute atomic E-state index is 12.3. The van der Waals surface area contributed by atoms with E-state index in [1.807, 2.05) is 0 Å². The molecule has 0 radical (unpaired) electrons. The van der Waals surface area contributed by atoms with E-state index < -0.39 is 111 Å². The summed E-state index contributed by atoms with van der Waals surface area (Å²) in [5, 5.41) is 80.9. The van der Waals surface area contributed by atoms with Crippen LogP contribution in [-0.4, -0.2) is 147 Å². The van der Waals surface area contributed by atoms with Crippen molar-refractivity contribution in [2.45, 2.75) is 93.4 Å². The largest absolute Gasteiger partial charge is 0.471 e. The third kappa shape index (κ3) is 6.08. The van der Waals surface area contributed by atoms with Crippen molar-refractivity contribution in [1.82, 2.24) is 0 Å². The van der Waals surface area contributed by atoms with E-state index in [0.29, 0.717) is 0 Å². The van der Waals surface area contributed by atoms with E-state index in [2.05, 4.69) is 0 Å². The summed E-state index contributed by atoms with van der Waals surface area (Å²) in [5.41, 5.74) is 0.155. The first-order chi connectivity index (χ1) is 18.5. The first-order valence-electron chi connectivity index (χ1n) is 12.5. The van der Waals surface area contributed by atoms with Gasteiger partial charge in [0, 0.05) is 12.3 Å². The van der Waals surface area contributed by atoms with Crippen LogP contribution in [-0.2, 0) is 38.0 Å². The maximum Gasteiger partial charge on any atom is 0.337 e. The highest BCUT2D eigenvalue weighted by molar-refractivity contribution is 5.88. The second-order valence-electron chi connectivity index (χ2n) is 9.97. The number of aliphatic hydroxyl groups is 8. The van der Waals surface area contributed by atoms with Crippen molar-refractivity contribution in [2.75, 3.05) is 20.3 Å². The molecule has 0 aromatic heterocycles. The van der Waals surface area contributed by atoms with E-state index in [-0.39, 0.29) is 12.0 Å². The molecule has 0 aromatic rings. The van der Waals surface area contributed by atoms with E-state index >= 15 is 0 Å². The summed E-state index contributed by atoms with van der Waals surface area (Å²) in [5.74, 6) is -1.93. The van der Waals surface area contributed by atoms with Crippen molar-refractivity contribution in [2.24, 2.45) is 11.8 Å². The fourth-order valence-corrected chi connectivity index (χ4v) is 5.29. The van der Waals surface area contributed by atoms with Crippen molar-refractivity contribution in [3.8, 4) is 0 Å². The maximum atomic E-state index is 12.3. The van der Waals surface area contributed by atoms with Crippen molar-refractivity contribution in [1.29, 1.82) is 0 Å². The number of carbonyl (C=O) groups excluding carboxylic acids is 1. The number of methoxy groups -OCH3 is 1. The van der Waals surface area contributed by atoms with Gasteiger partial charge >= 0.3 is 5.97 Å². The van der Waals surface area contributed by atoms with E-state index in [4.69, 9.17) is 33.2 Å². The zero-order valence-corrected chi connectivity index (χ0v) is 21.2. The lowest BCUT2D eigenvalue weighted by molar-refractivity contribution is -0.361. The highest BCUT2D eigenvalue weighted by Crippen LogP contribution is 2.42. The van der Waals surface area contributed by atoms with Crippen LogP contribution in [0, 0.1) is 11.8 Å². The Bertz CT molecular complexity index is 869. The van der Waals surface area contributed by atoms with E-state index in [1.54, 1.807) is 6.92 Å². The average Bonchev–Trinajstić information content (AvgIpc) is 2.91. The summed E-state index contributed by atoms with van der Waals surface area (Å²) < 4.78 is 38.1. The monoisotopic (exact) mass is 568 g/mol. The molecular weight excluding hydrogens is 532 g/mol. The van der Waals surface area contributed by atoms with Crippen molar-refractivity contribution < 1.29 is 78.8 Å². The van der Waals surface area contributed by atoms with Gasteiger partial charge in [0.05, 0.1) is 44.2 Å². The van der Waals surface area contributed by atoms with Crippen molar-refractivity contribution in [3.63, 3.8) is 0 Å². The summed E-state index contributed by atoms with van der Waals surface area (Å²) in [4.78, 5) is 12.3. The first kappa shape index (κ1) is 30.4. The number of hydrogen-bond donors (Lipinski definition) is 8. The second-order valence-corrected chi connectivity index (χ2v) is 9.97. The summed E-state index contributed by atoms with van der Waals surface area (Å²) >= 11 is 0. The molecular formula is C23H36O16. The van der Waals surface area contributed by atoms with Gasteiger partial charge in [-0.2, -0.15) is 0 Å². The predicted octanol–water partition coefficient (Wildman–Crippen LogP) is -4.60. The Labute approximate surface area is 222 Å². The minimum absolute atomic E-state index is 0.0319. The Balaban J connectivity index is 1.45. The van der Waals surface area contributed by atoms with Crippen molar-refractivity contribution >= 4 is 5.97 Å². The normalized spacial score (nSPS) is 48.5. The van der Waals surface area contributed by atoms with Crippen molar-refractivity contribution in [3.05, 3.63) is 11.8 Å². The Hall–Kier alpha value is -1.51. The molecule has 4 rings (SSSR count). The summed E-state index contributed by atoms with van der Waals surface area (Å²) in [6.45, 7) is 0.417. The molecule has 16 nitrogen and oxygen atoms in total. The number of fused-ring (bicyclic) bond motifs is 1. The molecule has 4 heterocycles. The third-order valence-corrected chi connectivity index (χ3v) is 7.51. The van der Waals surface area contributed by atoms with E-state index in [1.165, 1.54) is 7.11 Å². The summed E-state index contributed by atoms with van der Waals surface area (Å²) in [6, 6.07) is 0. The molecule has 0 saturated carbocycles. The Morgan fingerprint density at radius 2 is 1.49 bits per heavy atom. The summed E-state index contributed by atoms with van der Waals surface area (Å²) in [6.07, 6.45) is -17.8. The van der Waals surface area contributed by atoms with Gasteiger partial charge in [-0.25, -0.2) is 4.79 Å². The minimum atomic E-state index is -1.77. The number of ether oxygens (including phenoxy) is 7. The van der Waals surface area contributed by atoms with Gasteiger partial charge in [0.15, 0.2) is 18.9 Å². The quantitative estimate of drug-likeness (QED) is 0.135. The zero-order valence-electron chi connectivity index (χ0n) is 21.2. The third-order valence-electron chi connectivity index (χ3n) is 7.51. The molecule has 8 N–H and O–H groups in total.